The number of nitrogens with one attached hydrogen (secondary N) is 1. The van der Waals surface area contributed by atoms with E-state index in [4.69, 9.17) is 11.6 Å². The molecule has 6 nitrogen and oxygen atoms in total. The minimum absolute atomic E-state index is 0.0224. The molecule has 0 amide bonds. The van der Waals surface area contributed by atoms with Crippen LogP contribution in [-0.2, 0) is 19.6 Å². The molecule has 0 radical (unpaired) electrons. The maximum absolute atomic E-state index is 11.7. The van der Waals surface area contributed by atoms with E-state index < -0.39 is 27.4 Å². The molecule has 2 heterocycles. The highest BCUT2D eigenvalue weighted by atomic mass is 35.5. The number of hydrogen-bond acceptors (Lipinski definition) is 6. The number of sulfonamides is 1. The van der Waals surface area contributed by atoms with Crippen molar-refractivity contribution < 1.29 is 23.1 Å². The molecule has 0 saturated heterocycles. The number of fused-ring (bicyclic) bond motifs is 1. The van der Waals surface area contributed by atoms with Gasteiger partial charge in [0.25, 0.3) is 10.0 Å². The molecule has 92 valence electrons. The van der Waals surface area contributed by atoms with Crippen LogP contribution in [0.5, 0.6) is 0 Å². The van der Waals surface area contributed by atoms with Gasteiger partial charge in [0.2, 0.25) is 0 Å². The van der Waals surface area contributed by atoms with Gasteiger partial charge in [-0.05, 0) is 6.07 Å². The summed E-state index contributed by atoms with van der Waals surface area (Å²) in [7, 11) is -2.82. The summed E-state index contributed by atoms with van der Waals surface area (Å²) in [4.78, 5) is 11.2. The fourth-order valence-corrected chi connectivity index (χ4v) is 4.14. The third-order valence-electron chi connectivity index (χ3n) is 2.04. The van der Waals surface area contributed by atoms with E-state index in [1.54, 1.807) is 0 Å². The second kappa shape index (κ2) is 3.90. The molecule has 0 saturated carbocycles. The van der Waals surface area contributed by atoms with Gasteiger partial charge in [-0.25, -0.2) is 13.2 Å². The largest absolute Gasteiger partial charge is 0.504 e. The number of carbonyl (C=O) groups is 1. The lowest BCUT2D eigenvalue weighted by atomic mass is 10.3. The summed E-state index contributed by atoms with van der Waals surface area (Å²) < 4.78 is 30.0. The van der Waals surface area contributed by atoms with Crippen LogP contribution in [0, 0.1) is 0 Å². The van der Waals surface area contributed by atoms with Crippen molar-refractivity contribution >= 4 is 44.7 Å². The van der Waals surface area contributed by atoms with Crippen molar-refractivity contribution in [2.75, 3.05) is 7.11 Å². The zero-order valence-electron chi connectivity index (χ0n) is 8.35. The molecule has 1 aliphatic heterocycles. The number of hydrogen-bond donors (Lipinski definition) is 2. The highest BCUT2D eigenvalue weighted by molar-refractivity contribution is 7.90. The molecule has 2 N–H and O–H groups in total. The molecule has 17 heavy (non-hydrogen) atoms. The van der Waals surface area contributed by atoms with Gasteiger partial charge in [0.05, 0.1) is 16.3 Å². The van der Waals surface area contributed by atoms with Crippen LogP contribution in [-0.4, -0.2) is 26.6 Å². The van der Waals surface area contributed by atoms with Crippen molar-refractivity contribution in [2.24, 2.45) is 0 Å². The van der Waals surface area contributed by atoms with Gasteiger partial charge in [0, 0.05) is 0 Å². The minimum Gasteiger partial charge on any atom is -0.504 e. The van der Waals surface area contributed by atoms with Gasteiger partial charge in [-0.2, -0.15) is 0 Å². The van der Waals surface area contributed by atoms with Crippen LogP contribution in [0.25, 0.3) is 5.76 Å². The number of halogens is 1. The van der Waals surface area contributed by atoms with E-state index in [2.05, 4.69) is 4.74 Å². The molecule has 0 atom stereocenters. The van der Waals surface area contributed by atoms with Crippen LogP contribution in [0.3, 0.4) is 0 Å². The van der Waals surface area contributed by atoms with Crippen LogP contribution >= 0.6 is 22.9 Å². The second-order valence-electron chi connectivity index (χ2n) is 3.06. The monoisotopic (exact) mass is 295 g/mol. The number of carbonyl (C=O) groups excluding carboxylic acids is 1. The Balaban J connectivity index is 2.71. The predicted octanol–water partition coefficient (Wildman–Crippen LogP) is 1.09. The summed E-state index contributed by atoms with van der Waals surface area (Å²) in [5.74, 6) is -1.46. The van der Waals surface area contributed by atoms with Gasteiger partial charge < -0.3 is 9.84 Å². The third-order valence-corrected chi connectivity index (χ3v) is 4.81. The number of aliphatic hydroxyl groups excluding tert-OH is 1. The van der Waals surface area contributed by atoms with Crippen LogP contribution < -0.4 is 4.72 Å². The van der Waals surface area contributed by atoms with Crippen LogP contribution in [0.1, 0.15) is 4.88 Å². The second-order valence-corrected chi connectivity index (χ2v) is 6.40. The lowest BCUT2D eigenvalue weighted by Crippen LogP contribution is -2.32. The fraction of sp³-hybridized carbons (Fsp3) is 0.125. The maximum atomic E-state index is 11.7. The predicted molar refractivity (Wildman–Crippen MR) is 61.2 cm³/mol. The Labute approximate surface area is 106 Å². The molecule has 9 heteroatoms. The van der Waals surface area contributed by atoms with Gasteiger partial charge in [-0.15, -0.1) is 11.3 Å². The first-order chi connectivity index (χ1) is 7.86. The molecule has 1 aromatic heterocycles. The SMILES string of the molecule is COC(=O)C1=C(O)c2sc(Cl)cc2S(=O)(=O)N1. The molecule has 0 bridgehead atoms. The Morgan fingerprint density at radius 3 is 2.82 bits per heavy atom. The summed E-state index contributed by atoms with van der Waals surface area (Å²) in [5.41, 5.74) is -0.515. The Hall–Kier alpha value is -1.25. The summed E-state index contributed by atoms with van der Waals surface area (Å²) in [6.45, 7) is 0. The minimum atomic E-state index is -3.90. The zero-order valence-corrected chi connectivity index (χ0v) is 10.7. The number of ether oxygens (including phenoxy) is 1. The molecule has 0 aromatic carbocycles. The summed E-state index contributed by atoms with van der Waals surface area (Å²) >= 11 is 6.54. The van der Waals surface area contributed by atoms with Crippen molar-refractivity contribution in [2.45, 2.75) is 4.90 Å². The van der Waals surface area contributed by atoms with Crippen molar-refractivity contribution in [1.82, 2.24) is 4.72 Å². The molecule has 0 spiro atoms. The Bertz CT molecular complexity index is 630. The van der Waals surface area contributed by atoms with Gasteiger partial charge >= 0.3 is 5.97 Å². The molecule has 2 rings (SSSR count). The Kier molecular flexibility index (Phi) is 2.80. The topological polar surface area (TPSA) is 92.7 Å². The molecule has 0 fully saturated rings. The zero-order chi connectivity index (χ0) is 12.8. The average Bonchev–Trinajstić information content (AvgIpc) is 2.66. The average molecular weight is 296 g/mol. The molecular weight excluding hydrogens is 290 g/mol. The molecular formula is C8H6ClNO5S2. The van der Waals surface area contributed by atoms with E-state index >= 15 is 0 Å². The van der Waals surface area contributed by atoms with Crippen LogP contribution in [0.15, 0.2) is 16.7 Å². The number of thiophene rings is 1. The first-order valence-electron chi connectivity index (χ1n) is 4.21. The van der Waals surface area contributed by atoms with Crippen molar-refractivity contribution in [3.8, 4) is 0 Å². The summed E-state index contributed by atoms with van der Waals surface area (Å²) in [6.07, 6.45) is 0. The van der Waals surface area contributed by atoms with E-state index in [0.717, 1.165) is 18.4 Å². The van der Waals surface area contributed by atoms with Gasteiger partial charge in [-0.3, -0.25) is 4.72 Å². The van der Waals surface area contributed by atoms with E-state index in [1.807, 2.05) is 4.72 Å². The quantitative estimate of drug-likeness (QED) is 0.757. The lowest BCUT2D eigenvalue weighted by molar-refractivity contribution is -0.136. The molecule has 0 aliphatic carbocycles. The first kappa shape index (κ1) is 12.2. The van der Waals surface area contributed by atoms with Gasteiger partial charge in [-0.1, -0.05) is 11.6 Å². The van der Waals surface area contributed by atoms with E-state index in [9.17, 15) is 18.3 Å². The standard InChI is InChI=1S/C8H6ClNO5S2/c1-15-8(12)5-6(11)7-3(2-4(9)16-7)17(13,14)10-5/h2,10-11H,1H3. The molecule has 1 aromatic rings. The normalized spacial score (nSPS) is 17.3. The summed E-state index contributed by atoms with van der Waals surface area (Å²) in [6, 6.07) is 1.20. The van der Waals surface area contributed by atoms with Crippen LogP contribution in [0.4, 0.5) is 0 Å². The van der Waals surface area contributed by atoms with Crippen molar-refractivity contribution in [3.05, 3.63) is 21.0 Å². The van der Waals surface area contributed by atoms with E-state index in [1.165, 1.54) is 6.07 Å². The van der Waals surface area contributed by atoms with Gasteiger partial charge in [0.1, 0.15) is 4.90 Å². The number of rotatable bonds is 1. The Morgan fingerprint density at radius 2 is 2.24 bits per heavy atom. The number of methoxy groups -OCH3 is 1. The maximum Gasteiger partial charge on any atom is 0.359 e. The fourth-order valence-electron chi connectivity index (χ4n) is 1.30. The van der Waals surface area contributed by atoms with E-state index in [0.29, 0.717) is 0 Å². The van der Waals surface area contributed by atoms with E-state index in [-0.39, 0.29) is 14.1 Å². The number of aliphatic hydroxyl groups is 1. The molecule has 1 aliphatic rings. The third kappa shape index (κ3) is 1.88. The first-order valence-corrected chi connectivity index (χ1v) is 6.88. The smallest absolute Gasteiger partial charge is 0.359 e. The lowest BCUT2D eigenvalue weighted by Gasteiger charge is -2.16. The summed E-state index contributed by atoms with van der Waals surface area (Å²) in [5, 5.41) is 9.77. The van der Waals surface area contributed by atoms with Crippen LogP contribution in [0.2, 0.25) is 4.34 Å². The molecule has 0 unspecified atom stereocenters. The van der Waals surface area contributed by atoms with Crippen molar-refractivity contribution in [1.29, 1.82) is 0 Å². The highest BCUT2D eigenvalue weighted by Crippen LogP contribution is 2.38. The van der Waals surface area contributed by atoms with Gasteiger partial charge in [0.15, 0.2) is 11.5 Å². The number of esters is 1. The Morgan fingerprint density at radius 1 is 1.59 bits per heavy atom. The van der Waals surface area contributed by atoms with Crippen molar-refractivity contribution in [3.63, 3.8) is 0 Å². The highest BCUT2D eigenvalue weighted by Gasteiger charge is 2.35.